The number of hydrogen-bond acceptors (Lipinski definition) is 4. The average molecular weight is 248 g/mol. The fourth-order valence-electron chi connectivity index (χ4n) is 1.73. The van der Waals surface area contributed by atoms with Crippen molar-refractivity contribution in [1.82, 2.24) is 0 Å². The fourth-order valence-corrected chi connectivity index (χ4v) is 1.73. The zero-order chi connectivity index (χ0) is 13.0. The lowest BCUT2D eigenvalue weighted by Gasteiger charge is -2.06. The van der Waals surface area contributed by atoms with E-state index in [9.17, 15) is 4.79 Å². The van der Waals surface area contributed by atoms with Gasteiger partial charge in [-0.2, -0.15) is 0 Å². The van der Waals surface area contributed by atoms with E-state index in [0.29, 0.717) is 0 Å². The summed E-state index contributed by atoms with van der Waals surface area (Å²) >= 11 is 0. The molecule has 1 aromatic rings. The molecule has 0 unspecified atom stereocenters. The van der Waals surface area contributed by atoms with Crippen molar-refractivity contribution in [3.63, 3.8) is 0 Å². The van der Waals surface area contributed by atoms with Gasteiger partial charge in [-0.3, -0.25) is 4.79 Å². The lowest BCUT2D eigenvalue weighted by atomic mass is 10.0. The van der Waals surface area contributed by atoms with Gasteiger partial charge in [-0.25, -0.2) is 0 Å². The van der Waals surface area contributed by atoms with Crippen LogP contribution in [0.15, 0.2) is 30.0 Å². The SMILES string of the molecule is CC/C(=C\OC(C)=O)Cc1ccc2c(c1)OCO2. The first-order valence-corrected chi connectivity index (χ1v) is 5.92. The second-order valence-corrected chi connectivity index (χ2v) is 4.10. The first kappa shape index (κ1) is 12.5. The molecule has 1 aliphatic heterocycles. The van der Waals surface area contributed by atoms with E-state index >= 15 is 0 Å². The van der Waals surface area contributed by atoms with E-state index in [1.165, 1.54) is 13.2 Å². The standard InChI is InChI=1S/C14H16O4/c1-3-11(8-16-10(2)15)6-12-4-5-13-14(7-12)18-9-17-13/h4-5,7-8H,3,6,9H2,1-2H3/b11-8+. The Labute approximate surface area is 106 Å². The van der Waals surface area contributed by atoms with E-state index in [2.05, 4.69) is 0 Å². The number of allylic oxidation sites excluding steroid dienone is 1. The van der Waals surface area contributed by atoms with Crippen LogP contribution in [0.5, 0.6) is 11.5 Å². The summed E-state index contributed by atoms with van der Waals surface area (Å²) in [4.78, 5) is 10.8. The number of fused-ring (bicyclic) bond motifs is 1. The number of carbonyl (C=O) groups excluding carboxylic acids is 1. The van der Waals surface area contributed by atoms with Crippen molar-refractivity contribution < 1.29 is 19.0 Å². The van der Waals surface area contributed by atoms with Crippen LogP contribution in [0.2, 0.25) is 0 Å². The van der Waals surface area contributed by atoms with Crippen LogP contribution in [0, 0.1) is 0 Å². The molecular weight excluding hydrogens is 232 g/mol. The number of rotatable bonds is 4. The predicted octanol–water partition coefficient (Wildman–Crippen LogP) is 2.81. The highest BCUT2D eigenvalue weighted by molar-refractivity contribution is 5.66. The van der Waals surface area contributed by atoms with Crippen LogP contribution in [0.3, 0.4) is 0 Å². The molecule has 96 valence electrons. The van der Waals surface area contributed by atoms with Crippen molar-refractivity contribution in [3.05, 3.63) is 35.6 Å². The molecule has 2 rings (SSSR count). The third-order valence-corrected chi connectivity index (χ3v) is 2.71. The fraction of sp³-hybridized carbons (Fsp3) is 0.357. The Balaban J connectivity index is 2.07. The third-order valence-electron chi connectivity index (χ3n) is 2.71. The van der Waals surface area contributed by atoms with Gasteiger partial charge >= 0.3 is 5.97 Å². The Morgan fingerprint density at radius 2 is 2.17 bits per heavy atom. The molecule has 4 nitrogen and oxygen atoms in total. The number of carbonyl (C=O) groups is 1. The van der Waals surface area contributed by atoms with Gasteiger partial charge in [-0.05, 0) is 36.1 Å². The molecule has 0 atom stereocenters. The molecule has 1 aromatic carbocycles. The molecule has 18 heavy (non-hydrogen) atoms. The molecule has 0 saturated heterocycles. The van der Waals surface area contributed by atoms with Gasteiger partial charge in [0.1, 0.15) is 0 Å². The quantitative estimate of drug-likeness (QED) is 0.607. The number of benzene rings is 1. The van der Waals surface area contributed by atoms with Gasteiger partial charge in [-0.1, -0.05) is 13.0 Å². The van der Waals surface area contributed by atoms with Gasteiger partial charge in [0.25, 0.3) is 0 Å². The number of esters is 1. The van der Waals surface area contributed by atoms with E-state index in [-0.39, 0.29) is 12.8 Å². The lowest BCUT2D eigenvalue weighted by Crippen LogP contribution is -1.95. The van der Waals surface area contributed by atoms with Gasteiger partial charge < -0.3 is 14.2 Å². The van der Waals surface area contributed by atoms with Crippen molar-refractivity contribution in [1.29, 1.82) is 0 Å². The molecule has 4 heteroatoms. The molecular formula is C14H16O4. The summed E-state index contributed by atoms with van der Waals surface area (Å²) in [5.41, 5.74) is 2.17. The van der Waals surface area contributed by atoms with Gasteiger partial charge in [0.2, 0.25) is 6.79 Å². The average Bonchev–Trinajstić information content (AvgIpc) is 2.81. The van der Waals surface area contributed by atoms with Crippen molar-refractivity contribution in [2.75, 3.05) is 6.79 Å². The molecule has 0 fully saturated rings. The van der Waals surface area contributed by atoms with Crippen molar-refractivity contribution >= 4 is 5.97 Å². The van der Waals surface area contributed by atoms with E-state index in [0.717, 1.165) is 35.5 Å². The summed E-state index contributed by atoms with van der Waals surface area (Å²) in [6.45, 7) is 3.70. The Morgan fingerprint density at radius 3 is 2.89 bits per heavy atom. The van der Waals surface area contributed by atoms with Gasteiger partial charge in [0, 0.05) is 6.92 Å². The van der Waals surface area contributed by atoms with E-state index < -0.39 is 0 Å². The summed E-state index contributed by atoms with van der Waals surface area (Å²) in [5, 5.41) is 0. The van der Waals surface area contributed by atoms with Crippen molar-refractivity contribution in [2.45, 2.75) is 26.7 Å². The number of hydrogen-bond donors (Lipinski definition) is 0. The van der Waals surface area contributed by atoms with Crippen LogP contribution in [-0.4, -0.2) is 12.8 Å². The molecule has 1 aliphatic rings. The van der Waals surface area contributed by atoms with Crippen molar-refractivity contribution in [2.24, 2.45) is 0 Å². The second kappa shape index (κ2) is 5.58. The van der Waals surface area contributed by atoms with Crippen LogP contribution < -0.4 is 9.47 Å². The summed E-state index contributed by atoms with van der Waals surface area (Å²) in [6.07, 6.45) is 3.11. The Morgan fingerprint density at radius 1 is 1.39 bits per heavy atom. The monoisotopic (exact) mass is 248 g/mol. The zero-order valence-corrected chi connectivity index (χ0v) is 10.6. The smallest absolute Gasteiger partial charge is 0.307 e. The Hall–Kier alpha value is -1.97. The highest BCUT2D eigenvalue weighted by Crippen LogP contribution is 2.33. The van der Waals surface area contributed by atoms with Crippen LogP contribution in [0.4, 0.5) is 0 Å². The maximum atomic E-state index is 10.8. The first-order valence-electron chi connectivity index (χ1n) is 5.92. The Bertz CT molecular complexity index is 477. The largest absolute Gasteiger partial charge is 0.454 e. The molecule has 0 radical (unpaired) electrons. The Kier molecular flexibility index (Phi) is 3.87. The highest BCUT2D eigenvalue weighted by atomic mass is 16.7. The summed E-state index contributed by atoms with van der Waals surface area (Å²) in [6, 6.07) is 5.85. The van der Waals surface area contributed by atoms with Gasteiger partial charge in [0.05, 0.1) is 6.26 Å². The molecule has 0 aromatic heterocycles. The molecule has 0 aliphatic carbocycles. The molecule has 0 amide bonds. The van der Waals surface area contributed by atoms with Crippen molar-refractivity contribution in [3.8, 4) is 11.5 Å². The highest BCUT2D eigenvalue weighted by Gasteiger charge is 2.13. The summed E-state index contributed by atoms with van der Waals surface area (Å²) in [5.74, 6) is 1.25. The lowest BCUT2D eigenvalue weighted by molar-refractivity contribution is -0.135. The van der Waals surface area contributed by atoms with Gasteiger partial charge in [-0.15, -0.1) is 0 Å². The van der Waals surface area contributed by atoms with E-state index in [1.54, 1.807) is 0 Å². The summed E-state index contributed by atoms with van der Waals surface area (Å²) < 4.78 is 15.5. The van der Waals surface area contributed by atoms with Gasteiger partial charge in [0.15, 0.2) is 11.5 Å². The van der Waals surface area contributed by atoms with E-state index in [4.69, 9.17) is 14.2 Å². The van der Waals surface area contributed by atoms with Crippen LogP contribution in [0.25, 0.3) is 0 Å². The first-order chi connectivity index (χ1) is 8.69. The minimum absolute atomic E-state index is 0.280. The minimum atomic E-state index is -0.299. The maximum absolute atomic E-state index is 10.8. The predicted molar refractivity (Wildman–Crippen MR) is 66.4 cm³/mol. The molecule has 0 bridgehead atoms. The molecule has 0 saturated carbocycles. The van der Waals surface area contributed by atoms with E-state index in [1.807, 2.05) is 25.1 Å². The minimum Gasteiger partial charge on any atom is -0.454 e. The molecule has 1 heterocycles. The topological polar surface area (TPSA) is 44.8 Å². The molecule has 0 N–H and O–H groups in total. The molecule has 0 spiro atoms. The normalized spacial score (nSPS) is 13.6. The number of ether oxygens (including phenoxy) is 3. The summed E-state index contributed by atoms with van der Waals surface area (Å²) in [7, 11) is 0. The van der Waals surface area contributed by atoms with Crippen LogP contribution in [0.1, 0.15) is 25.8 Å². The second-order valence-electron chi connectivity index (χ2n) is 4.10. The third kappa shape index (κ3) is 3.03. The van der Waals surface area contributed by atoms with Crippen LogP contribution >= 0.6 is 0 Å². The van der Waals surface area contributed by atoms with Crippen LogP contribution in [-0.2, 0) is 16.0 Å². The maximum Gasteiger partial charge on any atom is 0.307 e. The zero-order valence-electron chi connectivity index (χ0n) is 10.6.